The second kappa shape index (κ2) is 18.9. The molecule has 7 N–H and O–H groups in total. The first-order chi connectivity index (χ1) is 14.6. The molecule has 0 radical (unpaired) electrons. The largest absolute Gasteiger partial charge is 0.500 e. The molecule has 0 rings (SSSR count). The van der Waals surface area contributed by atoms with Gasteiger partial charge in [0.15, 0.2) is 0 Å². The monoisotopic (exact) mass is 487 g/mol. The molecule has 0 bridgehead atoms. The van der Waals surface area contributed by atoms with E-state index in [4.69, 9.17) is 43.8 Å². The molecule has 0 heterocycles. The Morgan fingerprint density at radius 1 is 0.839 bits per heavy atom. The van der Waals surface area contributed by atoms with Crippen molar-refractivity contribution in [2.24, 2.45) is 17.2 Å². The Balaban J connectivity index is 0. The minimum Gasteiger partial charge on any atom is -0.377 e. The first kappa shape index (κ1) is 32.5. The fourth-order valence-electron chi connectivity index (χ4n) is 2.68. The Hall–Kier alpha value is -0.656. The average molecular weight is 488 g/mol. The van der Waals surface area contributed by atoms with Crippen LogP contribution in [0.25, 0.3) is 0 Å². The van der Waals surface area contributed by atoms with E-state index in [2.05, 4.69) is 5.32 Å². The van der Waals surface area contributed by atoms with Gasteiger partial charge in [-0.25, -0.2) is 4.79 Å². The summed E-state index contributed by atoms with van der Waals surface area (Å²) in [5.41, 5.74) is 15.4. The summed E-state index contributed by atoms with van der Waals surface area (Å²) in [6, 6.07) is 1.09. The first-order valence-electron chi connectivity index (χ1n) is 10.2. The van der Waals surface area contributed by atoms with E-state index in [0.29, 0.717) is 51.1 Å². The van der Waals surface area contributed by atoms with Gasteiger partial charge in [0.2, 0.25) is 0 Å². The van der Waals surface area contributed by atoms with Crippen LogP contribution in [0.2, 0.25) is 12.1 Å². The number of amides is 2. The molecule has 0 aliphatic rings. The normalized spacial score (nSPS) is 11.8. The quantitative estimate of drug-likeness (QED) is 0.129. The van der Waals surface area contributed by atoms with Crippen LogP contribution in [0.15, 0.2) is 0 Å². The summed E-state index contributed by atoms with van der Waals surface area (Å²) in [5.74, 6) is 0. The highest BCUT2D eigenvalue weighted by Crippen LogP contribution is 2.16. The third-order valence-electron chi connectivity index (χ3n) is 4.40. The molecule has 2 amide bonds. The van der Waals surface area contributed by atoms with Crippen molar-refractivity contribution in [2.45, 2.75) is 38.0 Å². The van der Waals surface area contributed by atoms with Gasteiger partial charge in [0.25, 0.3) is 0 Å². The molecular weight excluding hydrogens is 442 g/mol. The molecule has 31 heavy (non-hydrogen) atoms. The van der Waals surface area contributed by atoms with E-state index < -0.39 is 17.6 Å². The van der Waals surface area contributed by atoms with Crippen molar-refractivity contribution in [3.8, 4) is 0 Å². The molecule has 188 valence electrons. The van der Waals surface area contributed by atoms with Crippen molar-refractivity contribution in [1.82, 2.24) is 10.2 Å². The van der Waals surface area contributed by atoms with Gasteiger partial charge in [0.1, 0.15) is 0 Å². The molecule has 0 unspecified atom stereocenters. The van der Waals surface area contributed by atoms with Gasteiger partial charge in [-0.15, -0.1) is 0 Å². The van der Waals surface area contributed by atoms with Crippen LogP contribution in [0.3, 0.4) is 0 Å². The van der Waals surface area contributed by atoms with Crippen LogP contribution in [0.1, 0.15) is 19.8 Å². The summed E-state index contributed by atoms with van der Waals surface area (Å²) in [4.78, 5) is 14.1. The number of nitrogens with zero attached hydrogens (tertiary/aromatic N) is 1. The van der Waals surface area contributed by atoms with Crippen LogP contribution in [-0.2, 0) is 26.6 Å². The van der Waals surface area contributed by atoms with Gasteiger partial charge >= 0.3 is 23.6 Å². The van der Waals surface area contributed by atoms with Crippen molar-refractivity contribution in [3.05, 3.63) is 0 Å². The second-order valence-corrected chi connectivity index (χ2v) is 12.8. The molecule has 12 nitrogen and oxygen atoms in total. The summed E-state index contributed by atoms with van der Waals surface area (Å²) in [7, 11) is 4.21. The first-order valence-corrected chi connectivity index (χ1v) is 14.1. The highest BCUT2D eigenvalue weighted by atomic mass is 28.4. The van der Waals surface area contributed by atoms with Gasteiger partial charge in [-0.2, -0.15) is 0 Å². The highest BCUT2D eigenvalue weighted by molar-refractivity contribution is 6.60. The lowest BCUT2D eigenvalue weighted by Gasteiger charge is -2.27. The summed E-state index contributed by atoms with van der Waals surface area (Å²) >= 11 is 0. The molecule has 14 heteroatoms. The summed E-state index contributed by atoms with van der Waals surface area (Å²) in [6.07, 6.45) is 1.22. The van der Waals surface area contributed by atoms with Crippen LogP contribution in [0.4, 0.5) is 4.79 Å². The SMILES string of the molecule is CC(N)N.CO[Si](CCCNC(=O)N(CCN)CCC[Si](OC)(OC)OC)(OC)OC. The minimum atomic E-state index is -2.63. The third-order valence-corrected chi connectivity index (χ3v) is 10.1. The zero-order valence-electron chi connectivity index (χ0n) is 20.3. The van der Waals surface area contributed by atoms with Gasteiger partial charge < -0.3 is 54.0 Å². The number of urea groups is 1. The smallest absolute Gasteiger partial charge is 0.377 e. The molecule has 0 aliphatic heterocycles. The van der Waals surface area contributed by atoms with Gasteiger partial charge in [-0.3, -0.25) is 0 Å². The van der Waals surface area contributed by atoms with E-state index in [9.17, 15) is 4.79 Å². The van der Waals surface area contributed by atoms with Crippen LogP contribution in [0, 0.1) is 0 Å². The van der Waals surface area contributed by atoms with Crippen LogP contribution in [0.5, 0.6) is 0 Å². The van der Waals surface area contributed by atoms with Crippen molar-refractivity contribution < 1.29 is 31.4 Å². The number of hydrogen-bond donors (Lipinski definition) is 4. The van der Waals surface area contributed by atoms with E-state index >= 15 is 0 Å². The molecule has 0 fully saturated rings. The fourth-order valence-corrected chi connectivity index (χ4v) is 6.11. The van der Waals surface area contributed by atoms with Gasteiger partial charge in [0, 0.05) is 87.1 Å². The Labute approximate surface area is 189 Å². The molecule has 0 spiro atoms. The maximum atomic E-state index is 12.4. The maximum Gasteiger partial charge on any atom is 0.500 e. The van der Waals surface area contributed by atoms with Crippen molar-refractivity contribution in [1.29, 1.82) is 0 Å². The predicted molar refractivity (Wildman–Crippen MR) is 124 cm³/mol. The van der Waals surface area contributed by atoms with Crippen LogP contribution in [-0.4, -0.2) is 104 Å². The van der Waals surface area contributed by atoms with E-state index in [1.54, 1.807) is 54.5 Å². The standard InChI is InChI=1S/C15H37N3O7Si2.C2H8N2/c1-20-26(21-2,22-3)13-7-10-17-15(19)18(12-9-16)11-8-14-27(23-4,24-5)25-6;1-2(3)4/h7-14,16H2,1-6H3,(H,17,19);2H,3-4H2,1H3. The highest BCUT2D eigenvalue weighted by Gasteiger charge is 2.38. The number of rotatable bonds is 16. The van der Waals surface area contributed by atoms with Gasteiger partial charge in [-0.1, -0.05) is 0 Å². The van der Waals surface area contributed by atoms with E-state index in [1.165, 1.54) is 0 Å². The summed E-state index contributed by atoms with van der Waals surface area (Å²) in [5, 5.41) is 2.91. The minimum absolute atomic E-state index is 0.153. The zero-order valence-corrected chi connectivity index (χ0v) is 22.3. The second-order valence-electron chi connectivity index (χ2n) is 6.66. The number of nitrogens with two attached hydrogens (primary N) is 3. The van der Waals surface area contributed by atoms with E-state index in [-0.39, 0.29) is 12.2 Å². The molecule has 0 saturated heterocycles. The Kier molecular flexibility index (Phi) is 19.8. The maximum absolute atomic E-state index is 12.4. The molecule has 0 aromatic rings. The third kappa shape index (κ3) is 14.2. The summed E-state index contributed by atoms with van der Waals surface area (Å²) in [6.45, 7) is 3.63. The summed E-state index contributed by atoms with van der Waals surface area (Å²) < 4.78 is 32.3. The number of hydrogen-bond acceptors (Lipinski definition) is 10. The van der Waals surface area contributed by atoms with Gasteiger partial charge in [0.05, 0.1) is 0 Å². The number of carbonyl (C=O) groups is 1. The number of carbonyl (C=O) groups excluding carboxylic acids is 1. The zero-order chi connectivity index (χ0) is 24.3. The van der Waals surface area contributed by atoms with Crippen LogP contribution >= 0.6 is 0 Å². The van der Waals surface area contributed by atoms with E-state index in [0.717, 1.165) is 0 Å². The van der Waals surface area contributed by atoms with E-state index in [1.807, 2.05) is 0 Å². The lowest BCUT2D eigenvalue weighted by Crippen LogP contribution is -2.46. The van der Waals surface area contributed by atoms with Gasteiger partial charge in [-0.05, 0) is 19.8 Å². The molecule has 0 saturated carbocycles. The average Bonchev–Trinajstić information content (AvgIpc) is 2.76. The Morgan fingerprint density at radius 3 is 1.58 bits per heavy atom. The molecule has 0 atom stereocenters. The predicted octanol–water partition coefficient (Wildman–Crippen LogP) is -0.257. The van der Waals surface area contributed by atoms with Crippen LogP contribution < -0.4 is 22.5 Å². The Morgan fingerprint density at radius 2 is 1.23 bits per heavy atom. The van der Waals surface area contributed by atoms with Crippen molar-refractivity contribution in [3.63, 3.8) is 0 Å². The fraction of sp³-hybridized carbons (Fsp3) is 0.941. The van der Waals surface area contributed by atoms with Crippen molar-refractivity contribution >= 4 is 23.6 Å². The molecular formula is C17H45N5O7Si2. The topological polar surface area (TPSA) is 166 Å². The lowest BCUT2D eigenvalue weighted by molar-refractivity contribution is 0.121. The van der Waals surface area contributed by atoms with Crippen molar-refractivity contribution in [2.75, 3.05) is 68.8 Å². The molecule has 0 aromatic carbocycles. The molecule has 0 aliphatic carbocycles. The Bertz CT molecular complexity index is 426. The molecule has 0 aromatic heterocycles. The lowest BCUT2D eigenvalue weighted by atomic mass is 10.4. The number of nitrogens with one attached hydrogen (secondary N) is 1.